The molecule has 0 saturated carbocycles. The maximum absolute atomic E-state index is 12.8. The standard InChI is InChI=1S/C18H17N7O5S3/c1-24-5-8(4-20-24)2-3-31-10-7-32-16-12(15(27)25(16)13(10)17(28)29)22-14(26)11(23-30)9-6-33-18(19)21-9/h2-6,12,16,30H,7H2,1H3,(H2,19,21)(H,22,26)(H,28,29)/b3-2-,23-11-/t12-,16-/m1/s1. The SMILES string of the molecule is Cn1cc(/C=C\SC2=C(C(=O)O)N3C(=O)[C@@H](NC(=O)/C(=N\O)c4csc(N)n4)[C@H]3SC2)cn1. The predicted octanol–water partition coefficient (Wildman–Crippen LogP) is 0.737. The normalized spacial score (nSPS) is 20.7. The van der Waals surface area contributed by atoms with Crippen molar-refractivity contribution in [3.05, 3.63) is 45.0 Å². The highest BCUT2D eigenvalue weighted by atomic mass is 32.2. The molecule has 15 heteroatoms. The molecule has 1 fully saturated rings. The zero-order chi connectivity index (χ0) is 23.7. The van der Waals surface area contributed by atoms with Crippen LogP contribution in [0.4, 0.5) is 5.13 Å². The number of nitrogen functional groups attached to an aromatic ring is 1. The molecule has 0 aromatic carbocycles. The molecule has 0 radical (unpaired) electrons. The summed E-state index contributed by atoms with van der Waals surface area (Å²) >= 11 is 3.60. The van der Waals surface area contributed by atoms with Crippen molar-refractivity contribution in [1.29, 1.82) is 0 Å². The zero-order valence-corrected chi connectivity index (χ0v) is 19.4. The number of nitrogens with one attached hydrogen (secondary N) is 1. The summed E-state index contributed by atoms with van der Waals surface area (Å²) in [6.07, 6.45) is 5.28. The van der Waals surface area contributed by atoms with Crippen LogP contribution in [0.25, 0.3) is 6.08 Å². The Labute approximate surface area is 199 Å². The monoisotopic (exact) mass is 507 g/mol. The number of aryl methyl sites for hydroxylation is 1. The summed E-state index contributed by atoms with van der Waals surface area (Å²) in [6.45, 7) is 0. The highest BCUT2D eigenvalue weighted by Gasteiger charge is 2.54. The van der Waals surface area contributed by atoms with E-state index in [1.54, 1.807) is 29.4 Å². The number of amides is 2. The summed E-state index contributed by atoms with van der Waals surface area (Å²) in [5.74, 6) is -2.27. The zero-order valence-electron chi connectivity index (χ0n) is 16.9. The summed E-state index contributed by atoms with van der Waals surface area (Å²) in [7, 11) is 1.79. The maximum Gasteiger partial charge on any atom is 0.353 e. The Morgan fingerprint density at radius 2 is 2.24 bits per heavy atom. The molecule has 2 aromatic heterocycles. The van der Waals surface area contributed by atoms with Gasteiger partial charge in [-0.1, -0.05) is 16.9 Å². The van der Waals surface area contributed by atoms with Gasteiger partial charge in [0.2, 0.25) is 0 Å². The first-order valence-electron chi connectivity index (χ1n) is 9.27. The van der Waals surface area contributed by atoms with E-state index < -0.39 is 29.2 Å². The molecule has 4 heterocycles. The van der Waals surface area contributed by atoms with Gasteiger partial charge < -0.3 is 21.4 Å². The van der Waals surface area contributed by atoms with E-state index in [2.05, 4.69) is 20.6 Å². The van der Waals surface area contributed by atoms with Crippen molar-refractivity contribution in [3.63, 3.8) is 0 Å². The largest absolute Gasteiger partial charge is 0.477 e. The van der Waals surface area contributed by atoms with Crippen LogP contribution in [0.1, 0.15) is 11.3 Å². The van der Waals surface area contributed by atoms with E-state index in [1.807, 2.05) is 6.20 Å². The van der Waals surface area contributed by atoms with Gasteiger partial charge in [0, 0.05) is 34.8 Å². The van der Waals surface area contributed by atoms with Gasteiger partial charge in [-0.2, -0.15) is 5.10 Å². The number of hydrogen-bond donors (Lipinski definition) is 4. The van der Waals surface area contributed by atoms with E-state index in [1.165, 1.54) is 28.9 Å². The number of aromatic nitrogens is 3. The number of rotatable bonds is 7. The van der Waals surface area contributed by atoms with Crippen LogP contribution in [-0.4, -0.2) is 70.6 Å². The van der Waals surface area contributed by atoms with E-state index in [0.717, 1.165) is 21.8 Å². The number of thioether (sulfide) groups is 2. The van der Waals surface area contributed by atoms with Crippen LogP contribution in [-0.2, 0) is 21.4 Å². The predicted molar refractivity (Wildman–Crippen MR) is 124 cm³/mol. The second-order valence-corrected chi connectivity index (χ2v) is 9.82. The van der Waals surface area contributed by atoms with Crippen LogP contribution in [0.15, 0.2) is 38.9 Å². The molecular formula is C18H17N7O5S3. The Kier molecular flexibility index (Phi) is 6.44. The molecule has 0 bridgehead atoms. The Morgan fingerprint density at radius 1 is 1.45 bits per heavy atom. The van der Waals surface area contributed by atoms with Gasteiger partial charge in [-0.3, -0.25) is 19.2 Å². The number of nitrogens with two attached hydrogens (primary N) is 1. The van der Waals surface area contributed by atoms with Gasteiger partial charge in [-0.15, -0.1) is 23.1 Å². The van der Waals surface area contributed by atoms with Gasteiger partial charge in [-0.25, -0.2) is 9.78 Å². The van der Waals surface area contributed by atoms with Gasteiger partial charge in [0.05, 0.1) is 6.20 Å². The quantitative estimate of drug-likeness (QED) is 0.181. The van der Waals surface area contributed by atoms with Crippen LogP contribution >= 0.6 is 34.9 Å². The third-order valence-electron chi connectivity index (χ3n) is 4.70. The highest BCUT2D eigenvalue weighted by molar-refractivity contribution is 8.08. The van der Waals surface area contributed by atoms with Crippen molar-refractivity contribution >= 4 is 69.6 Å². The van der Waals surface area contributed by atoms with Gasteiger partial charge in [0.1, 0.15) is 22.8 Å². The molecule has 1 saturated heterocycles. The van der Waals surface area contributed by atoms with Crippen LogP contribution in [0, 0.1) is 0 Å². The highest BCUT2D eigenvalue weighted by Crippen LogP contribution is 2.43. The molecule has 5 N–H and O–H groups in total. The molecule has 2 atom stereocenters. The lowest BCUT2D eigenvalue weighted by Gasteiger charge is -2.49. The van der Waals surface area contributed by atoms with Crippen LogP contribution in [0.3, 0.4) is 0 Å². The van der Waals surface area contributed by atoms with E-state index >= 15 is 0 Å². The van der Waals surface area contributed by atoms with E-state index in [4.69, 9.17) is 5.73 Å². The summed E-state index contributed by atoms with van der Waals surface area (Å²) in [5, 5.41) is 31.3. The number of β-lactam (4-membered cyclic amide) rings is 1. The average Bonchev–Trinajstić information content (AvgIpc) is 3.39. The van der Waals surface area contributed by atoms with Crippen molar-refractivity contribution in [1.82, 2.24) is 25.0 Å². The van der Waals surface area contributed by atoms with Gasteiger partial charge in [-0.05, 0) is 11.5 Å². The molecule has 33 heavy (non-hydrogen) atoms. The molecule has 172 valence electrons. The van der Waals surface area contributed by atoms with E-state index in [-0.39, 0.29) is 22.2 Å². The minimum Gasteiger partial charge on any atom is -0.477 e. The number of anilines is 1. The lowest BCUT2D eigenvalue weighted by molar-refractivity contribution is -0.150. The topological polar surface area (TPSA) is 176 Å². The number of thiazole rings is 1. The maximum atomic E-state index is 12.8. The van der Waals surface area contributed by atoms with Crippen molar-refractivity contribution in [2.45, 2.75) is 11.4 Å². The molecule has 2 amide bonds. The molecule has 12 nitrogen and oxygen atoms in total. The Hall–Kier alpha value is -3.30. The first-order valence-corrected chi connectivity index (χ1v) is 12.1. The van der Waals surface area contributed by atoms with E-state index in [9.17, 15) is 24.7 Å². The van der Waals surface area contributed by atoms with Gasteiger partial charge in [0.15, 0.2) is 10.8 Å². The lowest BCUT2D eigenvalue weighted by atomic mass is 10.0. The molecule has 2 aliphatic heterocycles. The minimum absolute atomic E-state index is 0.0719. The average molecular weight is 508 g/mol. The first kappa shape index (κ1) is 22.9. The summed E-state index contributed by atoms with van der Waals surface area (Å²) in [4.78, 5) is 42.8. The second-order valence-electron chi connectivity index (χ2n) is 6.83. The first-order chi connectivity index (χ1) is 15.8. The van der Waals surface area contributed by atoms with Gasteiger partial charge >= 0.3 is 5.97 Å². The minimum atomic E-state index is -1.23. The van der Waals surface area contributed by atoms with Crippen molar-refractivity contribution < 1.29 is 24.7 Å². The third kappa shape index (κ3) is 4.46. The summed E-state index contributed by atoms with van der Waals surface area (Å²) < 4.78 is 1.65. The molecular weight excluding hydrogens is 490 g/mol. The number of oxime groups is 1. The number of carbonyl (C=O) groups excluding carboxylic acids is 2. The molecule has 0 aliphatic carbocycles. The van der Waals surface area contributed by atoms with Gasteiger partial charge in [0.25, 0.3) is 11.8 Å². The summed E-state index contributed by atoms with van der Waals surface area (Å²) in [6, 6.07) is -0.970. The van der Waals surface area contributed by atoms with Crippen molar-refractivity contribution in [2.24, 2.45) is 12.2 Å². The third-order valence-corrected chi connectivity index (χ3v) is 7.73. The van der Waals surface area contributed by atoms with E-state index in [0.29, 0.717) is 10.7 Å². The summed E-state index contributed by atoms with van der Waals surface area (Å²) in [5.41, 5.74) is 5.98. The number of hydrogen-bond acceptors (Lipinski definition) is 11. The van der Waals surface area contributed by atoms with Crippen molar-refractivity contribution in [3.8, 4) is 0 Å². The van der Waals surface area contributed by atoms with Crippen LogP contribution < -0.4 is 11.1 Å². The fourth-order valence-electron chi connectivity index (χ4n) is 3.22. The molecule has 0 spiro atoms. The Balaban J connectivity index is 1.47. The lowest BCUT2D eigenvalue weighted by Crippen LogP contribution is -2.71. The van der Waals surface area contributed by atoms with Crippen LogP contribution in [0.2, 0.25) is 0 Å². The molecule has 4 rings (SSSR count). The number of carbonyl (C=O) groups is 3. The molecule has 0 unspecified atom stereocenters. The number of nitrogens with zero attached hydrogens (tertiary/aromatic N) is 5. The second kappa shape index (κ2) is 9.29. The number of fused-ring (bicyclic) bond motifs is 1. The Morgan fingerprint density at radius 3 is 2.85 bits per heavy atom. The fraction of sp³-hybridized carbons (Fsp3) is 0.222. The van der Waals surface area contributed by atoms with Crippen LogP contribution in [0.5, 0.6) is 0 Å². The smallest absolute Gasteiger partial charge is 0.353 e. The number of carboxylic acid groups (broad SMARTS) is 1. The molecule has 2 aromatic rings. The molecule has 2 aliphatic rings. The number of carboxylic acids is 1. The van der Waals surface area contributed by atoms with Crippen molar-refractivity contribution in [2.75, 3.05) is 11.5 Å². The fourth-order valence-corrected chi connectivity index (χ4v) is 6.13. The Bertz CT molecular complexity index is 1220. The number of aliphatic carboxylic acids is 1.